The lowest BCUT2D eigenvalue weighted by Crippen LogP contribution is -2.46. The fourth-order valence-corrected chi connectivity index (χ4v) is 1.61. The van der Waals surface area contributed by atoms with Gasteiger partial charge in [-0.1, -0.05) is 20.8 Å². The summed E-state index contributed by atoms with van der Waals surface area (Å²) in [6, 6.07) is -0.221. The molecule has 0 aromatic carbocycles. The molecule has 2 amide bonds. The zero-order valence-corrected chi connectivity index (χ0v) is 10.1. The molecule has 1 aliphatic rings. The number of imide groups is 1. The van der Waals surface area contributed by atoms with Crippen LogP contribution in [0.1, 0.15) is 27.7 Å². The Morgan fingerprint density at radius 1 is 1.44 bits per heavy atom. The molecule has 0 bridgehead atoms. The summed E-state index contributed by atoms with van der Waals surface area (Å²) in [4.78, 5) is 24.6. The summed E-state index contributed by atoms with van der Waals surface area (Å²) in [7, 11) is 0. The van der Waals surface area contributed by atoms with Crippen LogP contribution in [-0.4, -0.2) is 40.8 Å². The van der Waals surface area contributed by atoms with E-state index in [1.807, 2.05) is 13.8 Å². The lowest BCUT2D eigenvalue weighted by Gasteiger charge is -2.26. The fraction of sp³-hybridized carbons (Fsp3) is 0.818. The SMILES string of the molecule is CC(C)[C@H]1COC(=O)N1C(=O)[C@@H](C)[C@@H](C)O. The van der Waals surface area contributed by atoms with Crippen molar-refractivity contribution in [3.8, 4) is 0 Å². The van der Waals surface area contributed by atoms with Gasteiger partial charge in [0.2, 0.25) is 5.91 Å². The number of hydrogen-bond acceptors (Lipinski definition) is 4. The Bertz CT molecular complexity index is 288. The minimum atomic E-state index is -0.770. The Labute approximate surface area is 95.4 Å². The zero-order valence-electron chi connectivity index (χ0n) is 10.1. The van der Waals surface area contributed by atoms with E-state index >= 15 is 0 Å². The van der Waals surface area contributed by atoms with Gasteiger partial charge in [0.1, 0.15) is 6.61 Å². The van der Waals surface area contributed by atoms with Crippen molar-refractivity contribution in [2.45, 2.75) is 39.8 Å². The van der Waals surface area contributed by atoms with Gasteiger partial charge >= 0.3 is 6.09 Å². The Kier molecular flexibility index (Phi) is 3.91. The largest absolute Gasteiger partial charge is 0.447 e. The number of carbonyl (C=O) groups is 2. The van der Waals surface area contributed by atoms with Gasteiger partial charge in [-0.05, 0) is 12.8 Å². The topological polar surface area (TPSA) is 66.8 Å². The molecular formula is C11H19NO4. The van der Waals surface area contributed by atoms with Gasteiger partial charge in [-0.3, -0.25) is 4.79 Å². The molecular weight excluding hydrogens is 210 g/mol. The first kappa shape index (κ1) is 13.0. The monoisotopic (exact) mass is 229 g/mol. The van der Waals surface area contributed by atoms with E-state index in [1.165, 1.54) is 6.92 Å². The lowest BCUT2D eigenvalue weighted by atomic mass is 10.0. The third-order valence-corrected chi connectivity index (χ3v) is 3.03. The second kappa shape index (κ2) is 4.82. The van der Waals surface area contributed by atoms with Crippen LogP contribution < -0.4 is 0 Å². The van der Waals surface area contributed by atoms with Crippen LogP contribution in [0.2, 0.25) is 0 Å². The highest BCUT2D eigenvalue weighted by Crippen LogP contribution is 2.22. The highest BCUT2D eigenvalue weighted by molar-refractivity contribution is 5.94. The first-order chi connectivity index (χ1) is 7.36. The maximum Gasteiger partial charge on any atom is 0.416 e. The number of cyclic esters (lactones) is 1. The fourth-order valence-electron chi connectivity index (χ4n) is 1.61. The van der Waals surface area contributed by atoms with E-state index in [0.29, 0.717) is 0 Å². The van der Waals surface area contributed by atoms with Crippen molar-refractivity contribution >= 4 is 12.0 Å². The molecule has 1 fully saturated rings. The molecule has 92 valence electrons. The molecule has 1 rings (SSSR count). The second-order valence-electron chi connectivity index (χ2n) is 4.63. The van der Waals surface area contributed by atoms with Gasteiger partial charge in [0.25, 0.3) is 0 Å². The van der Waals surface area contributed by atoms with E-state index in [2.05, 4.69) is 0 Å². The van der Waals surface area contributed by atoms with Gasteiger partial charge in [-0.25, -0.2) is 9.69 Å². The summed E-state index contributed by atoms with van der Waals surface area (Å²) < 4.78 is 4.87. The molecule has 0 spiro atoms. The first-order valence-corrected chi connectivity index (χ1v) is 5.54. The third kappa shape index (κ3) is 2.35. The van der Waals surface area contributed by atoms with Crippen LogP contribution in [0, 0.1) is 11.8 Å². The van der Waals surface area contributed by atoms with Crippen LogP contribution in [0.15, 0.2) is 0 Å². The van der Waals surface area contributed by atoms with Crippen LogP contribution in [0.25, 0.3) is 0 Å². The van der Waals surface area contributed by atoms with E-state index in [1.54, 1.807) is 6.92 Å². The predicted octanol–water partition coefficient (Wildman–Crippen LogP) is 1.01. The third-order valence-electron chi connectivity index (χ3n) is 3.03. The second-order valence-corrected chi connectivity index (χ2v) is 4.63. The maximum atomic E-state index is 12.0. The summed E-state index contributed by atoms with van der Waals surface area (Å²) in [5, 5.41) is 9.36. The molecule has 1 aliphatic heterocycles. The Morgan fingerprint density at radius 2 is 2.00 bits per heavy atom. The standard InChI is InChI=1S/C11H19NO4/c1-6(2)9-5-16-11(15)12(9)10(14)7(3)8(4)13/h6-9,13H,5H2,1-4H3/t7-,8+,9+/m0/s1. The zero-order chi connectivity index (χ0) is 12.5. The molecule has 1 saturated heterocycles. The van der Waals surface area contributed by atoms with Gasteiger partial charge < -0.3 is 9.84 Å². The number of carbonyl (C=O) groups excluding carboxylic acids is 2. The number of nitrogens with zero attached hydrogens (tertiary/aromatic N) is 1. The van der Waals surface area contributed by atoms with E-state index in [4.69, 9.17) is 4.74 Å². The summed E-state index contributed by atoms with van der Waals surface area (Å²) >= 11 is 0. The van der Waals surface area contributed by atoms with Crippen LogP contribution in [0.5, 0.6) is 0 Å². The summed E-state index contributed by atoms with van der Waals surface area (Å²) in [6.45, 7) is 7.25. The van der Waals surface area contributed by atoms with E-state index in [-0.39, 0.29) is 24.5 Å². The summed E-state index contributed by atoms with van der Waals surface area (Å²) in [6.07, 6.45) is -1.37. The molecule has 3 atom stereocenters. The van der Waals surface area contributed by atoms with Gasteiger partial charge in [0.05, 0.1) is 18.1 Å². The molecule has 0 radical (unpaired) electrons. The normalized spacial score (nSPS) is 24.5. The van der Waals surface area contributed by atoms with E-state index in [9.17, 15) is 14.7 Å². The van der Waals surface area contributed by atoms with Crippen LogP contribution in [0.3, 0.4) is 0 Å². The number of hydrogen-bond donors (Lipinski definition) is 1. The predicted molar refractivity (Wildman–Crippen MR) is 57.7 cm³/mol. The van der Waals surface area contributed by atoms with Crippen molar-refractivity contribution in [1.29, 1.82) is 0 Å². The number of rotatable bonds is 3. The molecule has 5 nitrogen and oxygen atoms in total. The molecule has 0 aromatic heterocycles. The lowest BCUT2D eigenvalue weighted by molar-refractivity contribution is -0.136. The summed E-state index contributed by atoms with van der Waals surface area (Å²) in [5.74, 6) is -0.806. The van der Waals surface area contributed by atoms with Crippen molar-refractivity contribution in [2.24, 2.45) is 11.8 Å². The minimum Gasteiger partial charge on any atom is -0.447 e. The van der Waals surface area contributed by atoms with Crippen LogP contribution in [0.4, 0.5) is 4.79 Å². The average molecular weight is 229 g/mol. The highest BCUT2D eigenvalue weighted by Gasteiger charge is 2.41. The van der Waals surface area contributed by atoms with E-state index < -0.39 is 18.1 Å². The number of aliphatic hydroxyl groups excluding tert-OH is 1. The molecule has 5 heteroatoms. The van der Waals surface area contributed by atoms with Crippen molar-refractivity contribution in [1.82, 2.24) is 4.90 Å². The molecule has 0 saturated carbocycles. The summed E-state index contributed by atoms with van der Waals surface area (Å²) in [5.41, 5.74) is 0. The van der Waals surface area contributed by atoms with Crippen molar-refractivity contribution in [3.05, 3.63) is 0 Å². The van der Waals surface area contributed by atoms with Gasteiger partial charge in [0.15, 0.2) is 0 Å². The van der Waals surface area contributed by atoms with Crippen LogP contribution >= 0.6 is 0 Å². The molecule has 1 heterocycles. The van der Waals surface area contributed by atoms with Crippen molar-refractivity contribution in [3.63, 3.8) is 0 Å². The number of amides is 2. The number of ether oxygens (including phenoxy) is 1. The van der Waals surface area contributed by atoms with Gasteiger partial charge in [0, 0.05) is 0 Å². The molecule has 1 N–H and O–H groups in total. The molecule has 0 aromatic rings. The smallest absolute Gasteiger partial charge is 0.416 e. The van der Waals surface area contributed by atoms with Gasteiger partial charge in [-0.15, -0.1) is 0 Å². The first-order valence-electron chi connectivity index (χ1n) is 5.54. The minimum absolute atomic E-state index is 0.150. The number of aliphatic hydroxyl groups is 1. The van der Waals surface area contributed by atoms with Gasteiger partial charge in [-0.2, -0.15) is 0 Å². The Balaban J connectivity index is 2.83. The van der Waals surface area contributed by atoms with Crippen LogP contribution in [-0.2, 0) is 9.53 Å². The van der Waals surface area contributed by atoms with E-state index in [0.717, 1.165) is 4.90 Å². The quantitative estimate of drug-likeness (QED) is 0.784. The Morgan fingerprint density at radius 3 is 2.44 bits per heavy atom. The van der Waals surface area contributed by atoms with Crippen molar-refractivity contribution in [2.75, 3.05) is 6.61 Å². The average Bonchev–Trinajstić information content (AvgIpc) is 2.57. The van der Waals surface area contributed by atoms with Crippen molar-refractivity contribution < 1.29 is 19.4 Å². The molecule has 16 heavy (non-hydrogen) atoms. The molecule has 0 aliphatic carbocycles. The highest BCUT2D eigenvalue weighted by atomic mass is 16.6. The maximum absolute atomic E-state index is 12.0. The Hall–Kier alpha value is -1.10. The molecule has 0 unspecified atom stereocenters.